The molecule has 5 heterocycles. The van der Waals surface area contributed by atoms with Crippen molar-refractivity contribution in [3.8, 4) is 0 Å². The van der Waals surface area contributed by atoms with Gasteiger partial charge in [-0.25, -0.2) is 24.6 Å². The van der Waals surface area contributed by atoms with Crippen molar-refractivity contribution < 1.29 is 26.7 Å². The number of benzene rings is 1. The number of ether oxygens (including phenoxy) is 1. The normalized spacial score (nSPS) is 19.7. The Labute approximate surface area is 263 Å². The van der Waals surface area contributed by atoms with Gasteiger partial charge in [0.05, 0.1) is 24.4 Å². The third kappa shape index (κ3) is 6.76. The number of rotatable bonds is 7. The van der Waals surface area contributed by atoms with Crippen LogP contribution in [0, 0.1) is 18.6 Å². The number of alkyl halides is 3. The first kappa shape index (κ1) is 33.4. The fraction of sp³-hybridized carbons (Fsp3) is 0.484. The number of nitrogens with two attached hydrogens (primary N) is 1. The van der Waals surface area contributed by atoms with E-state index in [4.69, 9.17) is 15.6 Å². The lowest BCUT2D eigenvalue weighted by molar-refractivity contribution is -0.143. The molecular weight excluding hydrogens is 609 g/mol. The molecule has 3 atom stereocenters. The molecule has 3 N–H and O–H groups in total. The molecule has 2 fully saturated rings. The lowest BCUT2D eigenvalue weighted by Gasteiger charge is -2.43. The molecule has 0 radical (unpaired) electrons. The average molecular weight is 648 g/mol. The summed E-state index contributed by atoms with van der Waals surface area (Å²) >= 11 is 0. The van der Waals surface area contributed by atoms with Crippen LogP contribution >= 0.6 is 0 Å². The average Bonchev–Trinajstić information content (AvgIpc) is 3.67. The molecule has 15 heteroatoms. The molecule has 0 saturated carbocycles. The monoisotopic (exact) mass is 647 g/mol. The van der Waals surface area contributed by atoms with Crippen molar-refractivity contribution in [3.63, 3.8) is 0 Å². The zero-order valence-corrected chi connectivity index (χ0v) is 26.2. The molecule has 10 nitrogen and oxygen atoms in total. The lowest BCUT2D eigenvalue weighted by atomic mass is 9.98. The summed E-state index contributed by atoms with van der Waals surface area (Å²) in [7, 11) is 0. The van der Waals surface area contributed by atoms with Crippen molar-refractivity contribution in [2.24, 2.45) is 5.84 Å². The van der Waals surface area contributed by atoms with E-state index < -0.39 is 29.5 Å². The van der Waals surface area contributed by atoms with E-state index in [1.807, 2.05) is 37.2 Å². The number of nitrogen functional groups attached to an aromatic ring is 1. The predicted molar refractivity (Wildman–Crippen MR) is 164 cm³/mol. The van der Waals surface area contributed by atoms with Crippen molar-refractivity contribution in [1.82, 2.24) is 29.4 Å². The Morgan fingerprint density at radius 3 is 2.39 bits per heavy atom. The quantitative estimate of drug-likeness (QED) is 0.150. The van der Waals surface area contributed by atoms with Crippen LogP contribution in [-0.2, 0) is 17.5 Å². The zero-order chi connectivity index (χ0) is 33.2. The lowest BCUT2D eigenvalue weighted by Crippen LogP contribution is -2.53. The van der Waals surface area contributed by atoms with E-state index in [1.165, 1.54) is 30.3 Å². The minimum atomic E-state index is -4.97. The zero-order valence-electron chi connectivity index (χ0n) is 26.2. The van der Waals surface area contributed by atoms with E-state index in [1.54, 1.807) is 0 Å². The van der Waals surface area contributed by atoms with Crippen molar-refractivity contribution in [1.29, 1.82) is 0 Å². The Hall–Kier alpha value is -3.95. The maximum atomic E-state index is 14.2. The van der Waals surface area contributed by atoms with E-state index in [0.29, 0.717) is 48.7 Å². The second kappa shape index (κ2) is 13.8. The standard InChI is InChI=1S/C29H32F5N9O.C2H6/c1-16-14-41(24(18-5-7-19(30)8-6-18)22-10-9-21(31)25(37-22)29(32,33)34)11-12-42(16)26-23-27(39-28(38-26)40-35)43(17(2)36-23)15-20-4-3-13-44-20;1-2/h5-10,16,20,24H,3-4,11-15,35H2,1-2H3,(H,38,39,40);1-2H3. The first-order chi connectivity index (χ1) is 22.0. The number of hydrogen-bond donors (Lipinski definition) is 2. The van der Waals surface area contributed by atoms with Gasteiger partial charge < -0.3 is 14.2 Å². The number of nitrogens with one attached hydrogen (secondary N) is 1. The number of fused-ring (bicyclic) bond motifs is 1. The van der Waals surface area contributed by atoms with Crippen molar-refractivity contribution in [3.05, 3.63) is 70.8 Å². The second-order valence-corrected chi connectivity index (χ2v) is 11.1. The summed E-state index contributed by atoms with van der Waals surface area (Å²) < 4.78 is 76.7. The van der Waals surface area contributed by atoms with Crippen molar-refractivity contribution >= 4 is 22.9 Å². The maximum absolute atomic E-state index is 14.2. The molecule has 1 aromatic carbocycles. The van der Waals surface area contributed by atoms with E-state index in [9.17, 15) is 22.0 Å². The first-order valence-corrected chi connectivity index (χ1v) is 15.4. The fourth-order valence-electron chi connectivity index (χ4n) is 6.13. The van der Waals surface area contributed by atoms with Crippen LogP contribution in [0.15, 0.2) is 36.4 Å². The van der Waals surface area contributed by atoms with E-state index in [-0.39, 0.29) is 23.8 Å². The molecule has 2 aliphatic rings. The molecule has 46 heavy (non-hydrogen) atoms. The molecule has 0 amide bonds. The van der Waals surface area contributed by atoms with Gasteiger partial charge in [-0.05, 0) is 56.5 Å². The van der Waals surface area contributed by atoms with Crippen molar-refractivity contribution in [2.75, 3.05) is 36.6 Å². The highest BCUT2D eigenvalue weighted by atomic mass is 19.4. The van der Waals surface area contributed by atoms with E-state index >= 15 is 0 Å². The van der Waals surface area contributed by atoms with Crippen LogP contribution in [0.2, 0.25) is 0 Å². The highest BCUT2D eigenvalue weighted by Gasteiger charge is 2.39. The summed E-state index contributed by atoms with van der Waals surface area (Å²) in [5.74, 6) is 5.36. The molecule has 0 spiro atoms. The SMILES string of the molecule is CC.Cc1nc2c(N3CCN(C(c4ccc(F)cc4)c4ccc(F)c(C(F)(F)F)n4)CC3C)nc(NN)nc2n1CC1CCCO1. The second-order valence-electron chi connectivity index (χ2n) is 11.1. The summed E-state index contributed by atoms with van der Waals surface area (Å²) in [5.41, 5.74) is 2.71. The highest BCUT2D eigenvalue weighted by molar-refractivity contribution is 5.85. The number of nitrogens with zero attached hydrogens (tertiary/aromatic N) is 7. The van der Waals surface area contributed by atoms with Gasteiger partial charge in [0.2, 0.25) is 5.95 Å². The molecule has 3 aromatic heterocycles. The Morgan fingerprint density at radius 1 is 1.02 bits per heavy atom. The minimum Gasteiger partial charge on any atom is -0.376 e. The van der Waals surface area contributed by atoms with Gasteiger partial charge in [0.15, 0.2) is 28.5 Å². The van der Waals surface area contributed by atoms with E-state index in [2.05, 4.69) is 25.3 Å². The molecule has 3 unspecified atom stereocenters. The molecule has 4 aromatic rings. The maximum Gasteiger partial charge on any atom is 0.436 e. The smallest absolute Gasteiger partial charge is 0.376 e. The summed E-state index contributed by atoms with van der Waals surface area (Å²) in [4.78, 5) is 21.8. The van der Waals surface area contributed by atoms with Gasteiger partial charge in [-0.2, -0.15) is 23.1 Å². The van der Waals surface area contributed by atoms with Crippen LogP contribution in [0.1, 0.15) is 62.4 Å². The minimum absolute atomic E-state index is 0.00790. The van der Waals surface area contributed by atoms with Gasteiger partial charge in [0, 0.05) is 32.3 Å². The number of aryl methyl sites for hydroxylation is 1. The Bertz CT molecular complexity index is 1640. The highest BCUT2D eigenvalue weighted by Crippen LogP contribution is 2.36. The molecule has 0 aliphatic carbocycles. The summed E-state index contributed by atoms with van der Waals surface area (Å²) in [5, 5.41) is 0. The number of piperazine rings is 1. The van der Waals surface area contributed by atoms with Gasteiger partial charge in [0.25, 0.3) is 0 Å². The number of aromatic nitrogens is 5. The molecule has 248 valence electrons. The fourth-order valence-corrected chi connectivity index (χ4v) is 6.13. The van der Waals surface area contributed by atoms with Gasteiger partial charge in [0.1, 0.15) is 11.6 Å². The van der Waals surface area contributed by atoms with Gasteiger partial charge in [-0.15, -0.1) is 0 Å². The van der Waals surface area contributed by atoms with Gasteiger partial charge in [-0.1, -0.05) is 26.0 Å². The molecule has 0 bridgehead atoms. The topological polar surface area (TPSA) is 110 Å². The number of anilines is 2. The Kier molecular flexibility index (Phi) is 10.0. The third-order valence-electron chi connectivity index (χ3n) is 8.20. The van der Waals surface area contributed by atoms with Crippen LogP contribution in [0.4, 0.5) is 33.7 Å². The predicted octanol–water partition coefficient (Wildman–Crippen LogP) is 5.62. The summed E-state index contributed by atoms with van der Waals surface area (Å²) in [6, 6.07) is 6.51. The van der Waals surface area contributed by atoms with Crippen molar-refractivity contribution in [2.45, 2.75) is 71.4 Å². The molecule has 2 saturated heterocycles. The Morgan fingerprint density at radius 2 is 1.76 bits per heavy atom. The Balaban J connectivity index is 0.00000204. The van der Waals surface area contributed by atoms with E-state index in [0.717, 1.165) is 31.3 Å². The number of pyridine rings is 1. The van der Waals surface area contributed by atoms with Crippen LogP contribution < -0.4 is 16.2 Å². The summed E-state index contributed by atoms with van der Waals surface area (Å²) in [6.45, 7) is 10.3. The molecule has 2 aliphatic heterocycles. The number of hydrogen-bond acceptors (Lipinski definition) is 9. The van der Waals surface area contributed by atoms with Gasteiger partial charge >= 0.3 is 6.18 Å². The van der Waals surface area contributed by atoms with Crippen LogP contribution in [0.3, 0.4) is 0 Å². The largest absolute Gasteiger partial charge is 0.436 e. The number of hydrazine groups is 1. The molecule has 6 rings (SSSR count). The summed E-state index contributed by atoms with van der Waals surface area (Å²) in [6.07, 6.45) is -2.97. The third-order valence-corrected chi connectivity index (χ3v) is 8.20. The van der Waals surface area contributed by atoms with Crippen LogP contribution in [-0.4, -0.2) is 67.8 Å². The van der Waals surface area contributed by atoms with Crippen LogP contribution in [0.5, 0.6) is 0 Å². The molecular formula is C31H38F5N9O. The van der Waals surface area contributed by atoms with Gasteiger partial charge in [-0.3, -0.25) is 10.3 Å². The first-order valence-electron chi connectivity index (χ1n) is 15.4. The number of halogens is 5. The number of imidazole rings is 1. The van der Waals surface area contributed by atoms with Crippen LogP contribution in [0.25, 0.3) is 11.2 Å².